The topological polar surface area (TPSA) is 63.7 Å². The summed E-state index contributed by atoms with van der Waals surface area (Å²) in [7, 11) is -1.18. The van der Waals surface area contributed by atoms with Gasteiger partial charge in [0, 0.05) is 7.05 Å². The smallest absolute Gasteiger partial charge is 0.339 e. The molecule has 116 valence electrons. The SMILES string of the molecule is COC(=O)c1ccccc1S(=O)(=O)N(C)c1ccccc1C. The van der Waals surface area contributed by atoms with Gasteiger partial charge in [0.2, 0.25) is 0 Å². The number of esters is 1. The molecule has 6 heteroatoms. The quantitative estimate of drug-likeness (QED) is 0.813. The number of para-hydroxylation sites is 1. The van der Waals surface area contributed by atoms with E-state index >= 15 is 0 Å². The predicted octanol–water partition coefficient (Wildman–Crippen LogP) is 2.61. The highest BCUT2D eigenvalue weighted by Gasteiger charge is 2.27. The highest BCUT2D eigenvalue weighted by molar-refractivity contribution is 7.92. The van der Waals surface area contributed by atoms with E-state index in [1.807, 2.05) is 19.1 Å². The van der Waals surface area contributed by atoms with Gasteiger partial charge in [-0.1, -0.05) is 30.3 Å². The van der Waals surface area contributed by atoms with E-state index in [9.17, 15) is 13.2 Å². The van der Waals surface area contributed by atoms with E-state index in [1.54, 1.807) is 24.3 Å². The van der Waals surface area contributed by atoms with Gasteiger partial charge in [-0.25, -0.2) is 13.2 Å². The number of ether oxygens (including phenoxy) is 1. The Morgan fingerprint density at radius 3 is 2.27 bits per heavy atom. The Morgan fingerprint density at radius 1 is 1.05 bits per heavy atom. The zero-order chi connectivity index (χ0) is 16.3. The van der Waals surface area contributed by atoms with Crippen LogP contribution in [0.1, 0.15) is 15.9 Å². The van der Waals surface area contributed by atoms with Crippen molar-refractivity contribution in [2.45, 2.75) is 11.8 Å². The predicted molar refractivity (Wildman–Crippen MR) is 84.5 cm³/mol. The first-order valence-electron chi connectivity index (χ1n) is 6.61. The Bertz CT molecular complexity index is 799. The first-order valence-corrected chi connectivity index (χ1v) is 8.05. The van der Waals surface area contributed by atoms with E-state index < -0.39 is 16.0 Å². The van der Waals surface area contributed by atoms with Gasteiger partial charge < -0.3 is 4.74 Å². The van der Waals surface area contributed by atoms with Crippen molar-refractivity contribution in [2.24, 2.45) is 0 Å². The molecule has 22 heavy (non-hydrogen) atoms. The van der Waals surface area contributed by atoms with Gasteiger partial charge in [-0.15, -0.1) is 0 Å². The standard InChI is InChI=1S/C16H17NO4S/c1-12-8-4-6-10-14(12)17(2)22(19,20)15-11-7-5-9-13(15)16(18)21-3/h4-11H,1-3H3. The lowest BCUT2D eigenvalue weighted by molar-refractivity contribution is 0.0596. The minimum Gasteiger partial charge on any atom is -0.465 e. The highest BCUT2D eigenvalue weighted by atomic mass is 32.2. The van der Waals surface area contributed by atoms with Crippen molar-refractivity contribution < 1.29 is 17.9 Å². The van der Waals surface area contributed by atoms with Crippen LogP contribution in [0.3, 0.4) is 0 Å². The minimum atomic E-state index is -3.87. The van der Waals surface area contributed by atoms with Crippen LogP contribution in [0.15, 0.2) is 53.4 Å². The van der Waals surface area contributed by atoms with Crippen LogP contribution in [0.2, 0.25) is 0 Å². The maximum atomic E-state index is 12.8. The lowest BCUT2D eigenvalue weighted by Gasteiger charge is -2.22. The normalized spacial score (nSPS) is 11.0. The Labute approximate surface area is 130 Å². The molecular formula is C16H17NO4S. The third kappa shape index (κ3) is 2.82. The maximum Gasteiger partial charge on any atom is 0.339 e. The Morgan fingerprint density at radius 2 is 1.64 bits per heavy atom. The lowest BCUT2D eigenvalue weighted by Crippen LogP contribution is -2.28. The van der Waals surface area contributed by atoms with E-state index in [0.29, 0.717) is 5.69 Å². The number of nitrogens with zero attached hydrogens (tertiary/aromatic N) is 1. The molecule has 0 bridgehead atoms. The summed E-state index contributed by atoms with van der Waals surface area (Å²) in [5, 5.41) is 0. The Balaban J connectivity index is 2.57. The molecule has 0 unspecified atom stereocenters. The molecule has 0 saturated heterocycles. The first-order chi connectivity index (χ1) is 10.4. The number of carbonyl (C=O) groups excluding carboxylic acids is 1. The average molecular weight is 319 g/mol. The number of anilines is 1. The van der Waals surface area contributed by atoms with Crippen LogP contribution in [0, 0.1) is 6.92 Å². The zero-order valence-corrected chi connectivity index (χ0v) is 13.4. The summed E-state index contributed by atoms with van der Waals surface area (Å²) in [5.74, 6) is -0.683. The van der Waals surface area contributed by atoms with Gasteiger partial charge in [0.05, 0.1) is 18.4 Å². The van der Waals surface area contributed by atoms with Crippen molar-refractivity contribution in [1.82, 2.24) is 0 Å². The van der Waals surface area contributed by atoms with Gasteiger partial charge in [-0.05, 0) is 30.7 Å². The van der Waals surface area contributed by atoms with Crippen molar-refractivity contribution in [2.75, 3.05) is 18.5 Å². The molecular weight excluding hydrogens is 302 g/mol. The molecule has 0 N–H and O–H groups in total. The fraction of sp³-hybridized carbons (Fsp3) is 0.188. The summed E-state index contributed by atoms with van der Waals surface area (Å²) in [6.07, 6.45) is 0. The van der Waals surface area contributed by atoms with E-state index in [2.05, 4.69) is 4.74 Å². The number of carbonyl (C=O) groups is 1. The number of benzene rings is 2. The molecule has 0 aliphatic carbocycles. The Hall–Kier alpha value is -2.34. The van der Waals surface area contributed by atoms with Crippen LogP contribution in [-0.4, -0.2) is 28.5 Å². The number of sulfonamides is 1. The van der Waals surface area contributed by atoms with Crippen LogP contribution in [0.5, 0.6) is 0 Å². The summed E-state index contributed by atoms with van der Waals surface area (Å²) in [6.45, 7) is 1.83. The minimum absolute atomic E-state index is 0.0189. The first kappa shape index (κ1) is 16.0. The molecule has 0 aliphatic rings. The van der Waals surface area contributed by atoms with E-state index in [0.717, 1.165) is 5.56 Å². The van der Waals surface area contributed by atoms with Crippen LogP contribution in [0.4, 0.5) is 5.69 Å². The third-order valence-corrected chi connectivity index (χ3v) is 5.22. The molecule has 2 aromatic carbocycles. The van der Waals surface area contributed by atoms with E-state index in [4.69, 9.17) is 0 Å². The fourth-order valence-corrected chi connectivity index (χ4v) is 3.60. The number of rotatable bonds is 4. The lowest BCUT2D eigenvalue weighted by atomic mass is 10.2. The number of methoxy groups -OCH3 is 1. The number of hydrogen-bond acceptors (Lipinski definition) is 4. The second kappa shape index (κ2) is 6.19. The second-order valence-electron chi connectivity index (χ2n) is 4.75. The molecule has 0 atom stereocenters. The molecule has 0 radical (unpaired) electrons. The number of aryl methyl sites for hydroxylation is 1. The van der Waals surface area contributed by atoms with Crippen molar-refractivity contribution in [3.8, 4) is 0 Å². The molecule has 5 nitrogen and oxygen atoms in total. The van der Waals surface area contributed by atoms with Gasteiger partial charge >= 0.3 is 5.97 Å². The monoisotopic (exact) mass is 319 g/mol. The summed E-state index contributed by atoms with van der Waals surface area (Å²) in [6, 6.07) is 13.1. The molecule has 0 heterocycles. The molecule has 0 saturated carbocycles. The van der Waals surface area contributed by atoms with E-state index in [1.165, 1.54) is 30.6 Å². The molecule has 0 spiro atoms. The summed E-state index contributed by atoms with van der Waals surface area (Å²) < 4.78 is 31.5. The largest absolute Gasteiger partial charge is 0.465 e. The van der Waals surface area contributed by atoms with Crippen molar-refractivity contribution in [3.63, 3.8) is 0 Å². The molecule has 0 amide bonds. The van der Waals surface area contributed by atoms with Gasteiger partial charge in [-0.2, -0.15) is 0 Å². The van der Waals surface area contributed by atoms with Gasteiger partial charge in [0.15, 0.2) is 0 Å². The van der Waals surface area contributed by atoms with Gasteiger partial charge in [-0.3, -0.25) is 4.31 Å². The van der Waals surface area contributed by atoms with Gasteiger partial charge in [0.1, 0.15) is 4.90 Å². The van der Waals surface area contributed by atoms with Crippen molar-refractivity contribution in [3.05, 3.63) is 59.7 Å². The maximum absolute atomic E-state index is 12.8. The summed E-state index contributed by atoms with van der Waals surface area (Å²) in [5.41, 5.74) is 1.40. The Kier molecular flexibility index (Phi) is 4.51. The molecule has 0 fully saturated rings. The van der Waals surface area contributed by atoms with Crippen LogP contribution >= 0.6 is 0 Å². The molecule has 0 aromatic heterocycles. The molecule has 2 rings (SSSR count). The average Bonchev–Trinajstić information content (AvgIpc) is 2.54. The van der Waals surface area contributed by atoms with Crippen molar-refractivity contribution >= 4 is 21.7 Å². The van der Waals surface area contributed by atoms with Crippen LogP contribution in [0.25, 0.3) is 0 Å². The van der Waals surface area contributed by atoms with Crippen molar-refractivity contribution in [1.29, 1.82) is 0 Å². The fourth-order valence-electron chi connectivity index (χ4n) is 2.16. The van der Waals surface area contributed by atoms with Gasteiger partial charge in [0.25, 0.3) is 10.0 Å². The zero-order valence-electron chi connectivity index (χ0n) is 12.6. The summed E-state index contributed by atoms with van der Waals surface area (Å²) in [4.78, 5) is 11.7. The molecule has 0 aliphatic heterocycles. The van der Waals surface area contributed by atoms with E-state index in [-0.39, 0.29) is 10.5 Å². The third-order valence-electron chi connectivity index (χ3n) is 3.39. The second-order valence-corrected chi connectivity index (χ2v) is 6.68. The highest BCUT2D eigenvalue weighted by Crippen LogP contribution is 2.27. The number of hydrogen-bond donors (Lipinski definition) is 0. The van der Waals surface area contributed by atoms with Crippen LogP contribution in [-0.2, 0) is 14.8 Å². The van der Waals surface area contributed by atoms with Crippen LogP contribution < -0.4 is 4.31 Å². The summed E-state index contributed by atoms with van der Waals surface area (Å²) >= 11 is 0. The molecule has 2 aromatic rings.